The lowest BCUT2D eigenvalue weighted by Crippen LogP contribution is -2.37. The van der Waals surface area contributed by atoms with Gasteiger partial charge in [0.1, 0.15) is 0 Å². The highest BCUT2D eigenvalue weighted by Crippen LogP contribution is 2.36. The van der Waals surface area contributed by atoms with Crippen LogP contribution in [0.25, 0.3) is 6.08 Å². The first-order valence-electron chi connectivity index (χ1n) is 9.71. The molecule has 0 atom stereocenters. The Morgan fingerprint density at radius 3 is 2.73 bits per heavy atom. The molecule has 2 aromatic carbocycles. The quantitative estimate of drug-likeness (QED) is 0.566. The number of benzene rings is 2. The number of nitrogens with zero attached hydrogens (tertiary/aromatic N) is 1. The fourth-order valence-electron chi connectivity index (χ4n) is 3.17. The average molecular weight is 490 g/mol. The first-order chi connectivity index (χ1) is 15.7. The summed E-state index contributed by atoms with van der Waals surface area (Å²) < 4.78 is 35.6. The Labute approximate surface area is 194 Å². The number of imide groups is 1. The lowest BCUT2D eigenvalue weighted by molar-refractivity contribution is -0.122. The van der Waals surface area contributed by atoms with E-state index in [0.29, 0.717) is 17.1 Å². The highest BCUT2D eigenvalue weighted by molar-refractivity contribution is 8.18. The molecule has 172 valence electrons. The van der Waals surface area contributed by atoms with Gasteiger partial charge in [0.2, 0.25) is 16.8 Å². The molecule has 0 saturated carbocycles. The maximum absolute atomic E-state index is 12.7. The summed E-state index contributed by atoms with van der Waals surface area (Å²) in [6.07, 6.45) is 2.61. The van der Waals surface area contributed by atoms with Gasteiger partial charge in [0.05, 0.1) is 11.2 Å². The molecule has 0 aromatic heterocycles. The highest BCUT2D eigenvalue weighted by atomic mass is 32.2. The minimum atomic E-state index is -3.48. The number of ether oxygens (including phenoxy) is 2. The van der Waals surface area contributed by atoms with Crippen molar-refractivity contribution in [3.8, 4) is 11.5 Å². The molecule has 2 aliphatic heterocycles. The molecule has 3 amide bonds. The van der Waals surface area contributed by atoms with E-state index in [1.54, 1.807) is 30.3 Å². The molecule has 33 heavy (non-hydrogen) atoms. The lowest BCUT2D eigenvalue weighted by atomic mass is 10.2. The summed E-state index contributed by atoms with van der Waals surface area (Å²) in [6.45, 7) is 0.174. The smallest absolute Gasteiger partial charge is 0.293 e. The van der Waals surface area contributed by atoms with Crippen LogP contribution >= 0.6 is 11.8 Å². The molecule has 0 spiro atoms. The van der Waals surface area contributed by atoms with Crippen molar-refractivity contribution in [3.05, 3.63) is 58.5 Å². The maximum Gasteiger partial charge on any atom is 0.293 e. The third kappa shape index (κ3) is 5.46. The number of thioether (sulfide) groups is 1. The van der Waals surface area contributed by atoms with Crippen molar-refractivity contribution in [1.29, 1.82) is 0 Å². The zero-order valence-electron chi connectivity index (χ0n) is 17.4. The molecule has 2 heterocycles. The number of sulfonamides is 1. The predicted molar refractivity (Wildman–Crippen MR) is 122 cm³/mol. The van der Waals surface area contributed by atoms with Crippen LogP contribution in [0.4, 0.5) is 10.5 Å². The van der Waals surface area contributed by atoms with Gasteiger partial charge in [-0.05, 0) is 53.7 Å². The monoisotopic (exact) mass is 489 g/mol. The average Bonchev–Trinajstić information content (AvgIpc) is 3.32. The number of rotatable bonds is 7. The van der Waals surface area contributed by atoms with Gasteiger partial charge >= 0.3 is 0 Å². The Kier molecular flexibility index (Phi) is 6.29. The molecule has 4 rings (SSSR count). The molecule has 0 bridgehead atoms. The lowest BCUT2D eigenvalue weighted by Gasteiger charge is -2.13. The van der Waals surface area contributed by atoms with Gasteiger partial charge in [-0.25, -0.2) is 8.42 Å². The predicted octanol–water partition coefficient (Wildman–Crippen LogP) is 2.25. The van der Waals surface area contributed by atoms with Crippen LogP contribution in [0.3, 0.4) is 0 Å². The van der Waals surface area contributed by atoms with E-state index in [4.69, 9.17) is 9.47 Å². The molecule has 12 heteroatoms. The Balaban J connectivity index is 1.35. The number of hydrogen-bond acceptors (Lipinski definition) is 8. The first kappa shape index (κ1) is 22.7. The number of anilines is 1. The van der Waals surface area contributed by atoms with Crippen LogP contribution in [0.2, 0.25) is 0 Å². The minimum Gasteiger partial charge on any atom is -0.454 e. The second-order valence-electron chi connectivity index (χ2n) is 7.16. The summed E-state index contributed by atoms with van der Waals surface area (Å²) in [4.78, 5) is 38.7. The van der Waals surface area contributed by atoms with E-state index >= 15 is 0 Å². The van der Waals surface area contributed by atoms with Crippen molar-refractivity contribution in [2.24, 2.45) is 0 Å². The normalized spacial score (nSPS) is 16.4. The summed E-state index contributed by atoms with van der Waals surface area (Å²) in [6, 6.07) is 11.2. The van der Waals surface area contributed by atoms with Crippen molar-refractivity contribution < 1.29 is 32.3 Å². The van der Waals surface area contributed by atoms with Gasteiger partial charge in [0.25, 0.3) is 17.1 Å². The number of hydrogen-bond donors (Lipinski definition) is 2. The van der Waals surface area contributed by atoms with E-state index in [9.17, 15) is 22.8 Å². The Hall–Kier alpha value is -3.51. The fourth-order valence-corrected chi connectivity index (χ4v) is 4.59. The van der Waals surface area contributed by atoms with Gasteiger partial charge in [-0.3, -0.25) is 24.0 Å². The van der Waals surface area contributed by atoms with Crippen molar-refractivity contribution in [2.45, 2.75) is 0 Å². The van der Waals surface area contributed by atoms with Gasteiger partial charge in [-0.15, -0.1) is 0 Å². The number of carbonyl (C=O) groups excluding carboxylic acids is 3. The molecular weight excluding hydrogens is 470 g/mol. The molecule has 2 aliphatic rings. The summed E-state index contributed by atoms with van der Waals surface area (Å²) in [7, 11) is -3.48. The zero-order valence-corrected chi connectivity index (χ0v) is 19.0. The van der Waals surface area contributed by atoms with Gasteiger partial charge < -0.3 is 14.8 Å². The molecule has 1 saturated heterocycles. The minimum absolute atomic E-state index is 0.00380. The topological polar surface area (TPSA) is 131 Å². The van der Waals surface area contributed by atoms with Crippen LogP contribution in [0, 0.1) is 0 Å². The SMILES string of the molecule is CS(=O)(=O)Nc1cccc(C(=O)NCCN2C(=O)S/C(=C\c3ccc4c(c3)OCO4)C2=O)c1. The Bertz CT molecular complexity index is 1270. The zero-order chi connectivity index (χ0) is 23.6. The third-order valence-corrected chi connectivity index (χ3v) is 6.13. The van der Waals surface area contributed by atoms with Crippen LogP contribution < -0.4 is 19.5 Å². The summed E-state index contributed by atoms with van der Waals surface area (Å²) in [5.74, 6) is 0.279. The van der Waals surface area contributed by atoms with Crippen LogP contribution in [0.15, 0.2) is 47.4 Å². The third-order valence-electron chi connectivity index (χ3n) is 4.62. The second-order valence-corrected chi connectivity index (χ2v) is 9.90. The van der Waals surface area contributed by atoms with Crippen LogP contribution in [-0.2, 0) is 14.8 Å². The molecule has 2 aromatic rings. The number of nitrogens with one attached hydrogen (secondary N) is 2. The molecule has 0 aliphatic carbocycles. The van der Waals surface area contributed by atoms with Gasteiger partial charge in [0.15, 0.2) is 11.5 Å². The van der Waals surface area contributed by atoms with E-state index < -0.39 is 27.1 Å². The second kappa shape index (κ2) is 9.16. The Morgan fingerprint density at radius 2 is 1.94 bits per heavy atom. The van der Waals surface area contributed by atoms with Gasteiger partial charge in [-0.2, -0.15) is 0 Å². The standard InChI is InChI=1S/C21H19N3O7S2/c1-33(28,29)23-15-4-2-3-14(11-15)19(25)22-7-8-24-20(26)18(32-21(24)27)10-13-5-6-16-17(9-13)31-12-30-16/h2-6,9-11,23H,7-8,12H2,1H3,(H,22,25)/b18-10-. The van der Waals surface area contributed by atoms with Crippen molar-refractivity contribution in [3.63, 3.8) is 0 Å². The molecule has 2 N–H and O–H groups in total. The first-order valence-corrected chi connectivity index (χ1v) is 12.4. The maximum atomic E-state index is 12.7. The van der Waals surface area contributed by atoms with Crippen molar-refractivity contribution in [2.75, 3.05) is 30.9 Å². The number of carbonyl (C=O) groups is 3. The van der Waals surface area contributed by atoms with E-state index in [2.05, 4.69) is 10.0 Å². The van der Waals surface area contributed by atoms with E-state index in [0.717, 1.165) is 22.9 Å². The van der Waals surface area contributed by atoms with Crippen molar-refractivity contribution >= 4 is 50.6 Å². The van der Waals surface area contributed by atoms with Crippen LogP contribution in [-0.4, -0.2) is 56.5 Å². The van der Waals surface area contributed by atoms with Crippen LogP contribution in [0.1, 0.15) is 15.9 Å². The van der Waals surface area contributed by atoms with Gasteiger partial charge in [0, 0.05) is 24.3 Å². The highest BCUT2D eigenvalue weighted by Gasteiger charge is 2.34. The van der Waals surface area contributed by atoms with E-state index in [1.165, 1.54) is 18.2 Å². The largest absolute Gasteiger partial charge is 0.454 e. The molecule has 0 unspecified atom stereocenters. The molecular formula is C21H19N3O7S2. The number of amides is 3. The summed E-state index contributed by atoms with van der Waals surface area (Å²) >= 11 is 0.821. The fraction of sp³-hybridized carbons (Fsp3) is 0.190. The molecule has 0 radical (unpaired) electrons. The van der Waals surface area contributed by atoms with Crippen molar-refractivity contribution in [1.82, 2.24) is 10.2 Å². The Morgan fingerprint density at radius 1 is 1.15 bits per heavy atom. The number of fused-ring (bicyclic) bond motifs is 1. The van der Waals surface area contributed by atoms with Gasteiger partial charge in [-0.1, -0.05) is 12.1 Å². The van der Waals surface area contributed by atoms with Crippen LogP contribution in [0.5, 0.6) is 11.5 Å². The summed E-state index contributed by atoms with van der Waals surface area (Å²) in [5, 5.41) is 2.20. The molecule has 10 nitrogen and oxygen atoms in total. The molecule has 1 fully saturated rings. The van der Waals surface area contributed by atoms with E-state index in [1.807, 2.05) is 0 Å². The summed E-state index contributed by atoms with van der Waals surface area (Å²) in [5.41, 5.74) is 1.19. The van der Waals surface area contributed by atoms with E-state index in [-0.39, 0.29) is 36.0 Å².